The zero-order valence-corrected chi connectivity index (χ0v) is 12.2. The van der Waals surface area contributed by atoms with Crippen molar-refractivity contribution in [3.63, 3.8) is 0 Å². The van der Waals surface area contributed by atoms with Crippen LogP contribution in [0.3, 0.4) is 0 Å². The third-order valence-corrected chi connectivity index (χ3v) is 4.73. The average molecular weight is 254 g/mol. The number of rotatable bonds is 6. The smallest absolute Gasteiger partial charge is 0.0589 e. The van der Waals surface area contributed by atoms with Gasteiger partial charge < -0.3 is 9.64 Å². The van der Waals surface area contributed by atoms with E-state index in [2.05, 4.69) is 16.7 Å². The Kier molecular flexibility index (Phi) is 5.93. The summed E-state index contributed by atoms with van der Waals surface area (Å²) in [7, 11) is 1.80. The predicted molar refractivity (Wildman–Crippen MR) is 75.9 cm³/mol. The summed E-state index contributed by atoms with van der Waals surface area (Å²) in [5.74, 6) is 0.994. The molecule has 3 heteroatoms. The molecule has 1 saturated carbocycles. The summed E-state index contributed by atoms with van der Waals surface area (Å²) in [4.78, 5) is 5.34. The number of hydrogen-bond acceptors (Lipinski definition) is 3. The normalized spacial score (nSPS) is 28.0. The standard InChI is InChI=1S/C15H30N2O/c1-3-15-13-16(12-14-6-4-5-7-14)8-9-17(15)10-11-18-2/h14-15H,3-13H2,1-2H3. The van der Waals surface area contributed by atoms with Gasteiger partial charge in [-0.05, 0) is 25.2 Å². The topological polar surface area (TPSA) is 15.7 Å². The third kappa shape index (κ3) is 3.94. The van der Waals surface area contributed by atoms with Gasteiger partial charge in [0.2, 0.25) is 0 Å². The summed E-state index contributed by atoms with van der Waals surface area (Å²) in [6.07, 6.45) is 7.15. The number of nitrogens with zero attached hydrogens (tertiary/aromatic N) is 2. The monoisotopic (exact) mass is 254 g/mol. The molecule has 1 atom stereocenters. The van der Waals surface area contributed by atoms with Crippen molar-refractivity contribution in [1.82, 2.24) is 9.80 Å². The second-order valence-corrected chi connectivity index (χ2v) is 6.00. The van der Waals surface area contributed by atoms with Gasteiger partial charge in [-0.15, -0.1) is 0 Å². The summed E-state index contributed by atoms with van der Waals surface area (Å²) >= 11 is 0. The lowest BCUT2D eigenvalue weighted by Gasteiger charge is -2.42. The van der Waals surface area contributed by atoms with Crippen molar-refractivity contribution >= 4 is 0 Å². The molecule has 2 aliphatic rings. The molecule has 1 aliphatic heterocycles. The van der Waals surface area contributed by atoms with Gasteiger partial charge in [0, 0.05) is 45.9 Å². The molecule has 0 amide bonds. The maximum Gasteiger partial charge on any atom is 0.0589 e. The molecule has 0 N–H and O–H groups in total. The van der Waals surface area contributed by atoms with Gasteiger partial charge in [-0.2, -0.15) is 0 Å². The van der Waals surface area contributed by atoms with Gasteiger partial charge >= 0.3 is 0 Å². The van der Waals surface area contributed by atoms with E-state index >= 15 is 0 Å². The second-order valence-electron chi connectivity index (χ2n) is 6.00. The van der Waals surface area contributed by atoms with E-state index in [0.29, 0.717) is 0 Å². The van der Waals surface area contributed by atoms with Crippen LogP contribution in [0.4, 0.5) is 0 Å². The minimum Gasteiger partial charge on any atom is -0.383 e. The molecule has 0 radical (unpaired) electrons. The zero-order chi connectivity index (χ0) is 12.8. The van der Waals surface area contributed by atoms with Crippen LogP contribution >= 0.6 is 0 Å². The highest BCUT2D eigenvalue weighted by Gasteiger charge is 2.27. The Morgan fingerprint density at radius 2 is 1.94 bits per heavy atom. The molecule has 1 unspecified atom stereocenters. The summed E-state index contributed by atoms with van der Waals surface area (Å²) in [5, 5.41) is 0. The van der Waals surface area contributed by atoms with E-state index in [-0.39, 0.29) is 0 Å². The van der Waals surface area contributed by atoms with Crippen molar-refractivity contribution in [3.05, 3.63) is 0 Å². The molecule has 0 aromatic carbocycles. The van der Waals surface area contributed by atoms with Crippen molar-refractivity contribution < 1.29 is 4.74 Å². The van der Waals surface area contributed by atoms with E-state index < -0.39 is 0 Å². The van der Waals surface area contributed by atoms with Gasteiger partial charge in [0.1, 0.15) is 0 Å². The molecule has 1 saturated heterocycles. The average Bonchev–Trinajstić information content (AvgIpc) is 2.90. The lowest BCUT2D eigenvalue weighted by atomic mass is 10.0. The molecule has 0 spiro atoms. The van der Waals surface area contributed by atoms with E-state index in [1.54, 1.807) is 7.11 Å². The molecule has 0 bridgehead atoms. The molecular weight excluding hydrogens is 224 g/mol. The van der Waals surface area contributed by atoms with E-state index in [4.69, 9.17) is 4.74 Å². The van der Waals surface area contributed by atoms with Gasteiger partial charge in [-0.25, -0.2) is 0 Å². The molecule has 1 heterocycles. The minimum absolute atomic E-state index is 0.746. The fourth-order valence-corrected chi connectivity index (χ4v) is 3.57. The highest BCUT2D eigenvalue weighted by molar-refractivity contribution is 4.83. The molecule has 106 valence electrons. The van der Waals surface area contributed by atoms with Crippen LogP contribution in [-0.2, 0) is 4.74 Å². The number of methoxy groups -OCH3 is 1. The number of ether oxygens (including phenoxy) is 1. The Morgan fingerprint density at radius 1 is 1.17 bits per heavy atom. The Hall–Kier alpha value is -0.120. The SMILES string of the molecule is CCC1CN(CC2CCCC2)CCN1CCOC. The first kappa shape index (κ1) is 14.3. The van der Waals surface area contributed by atoms with Crippen molar-refractivity contribution in [2.75, 3.05) is 46.4 Å². The Balaban J connectivity index is 1.76. The molecule has 3 nitrogen and oxygen atoms in total. The number of piperazine rings is 1. The van der Waals surface area contributed by atoms with Gasteiger partial charge in [0.25, 0.3) is 0 Å². The van der Waals surface area contributed by atoms with E-state index in [1.165, 1.54) is 58.3 Å². The van der Waals surface area contributed by atoms with Crippen molar-refractivity contribution in [3.8, 4) is 0 Å². The highest BCUT2D eigenvalue weighted by atomic mass is 16.5. The van der Waals surface area contributed by atoms with Crippen LogP contribution in [0.15, 0.2) is 0 Å². The minimum atomic E-state index is 0.746. The Bertz CT molecular complexity index is 229. The van der Waals surface area contributed by atoms with Crippen molar-refractivity contribution in [1.29, 1.82) is 0 Å². The van der Waals surface area contributed by atoms with Crippen LogP contribution < -0.4 is 0 Å². The Labute approximate surface area is 112 Å². The van der Waals surface area contributed by atoms with Crippen molar-refractivity contribution in [2.45, 2.75) is 45.1 Å². The second kappa shape index (κ2) is 7.46. The lowest BCUT2D eigenvalue weighted by Crippen LogP contribution is -2.54. The predicted octanol–water partition coefficient (Wildman–Crippen LogP) is 2.22. The largest absolute Gasteiger partial charge is 0.383 e. The fraction of sp³-hybridized carbons (Fsp3) is 1.00. The van der Waals surface area contributed by atoms with Crippen LogP contribution in [0.5, 0.6) is 0 Å². The van der Waals surface area contributed by atoms with Crippen LogP contribution in [0.2, 0.25) is 0 Å². The maximum absolute atomic E-state index is 5.22. The first-order valence-corrected chi connectivity index (χ1v) is 7.78. The van der Waals surface area contributed by atoms with Gasteiger partial charge in [0.15, 0.2) is 0 Å². The fourth-order valence-electron chi connectivity index (χ4n) is 3.57. The maximum atomic E-state index is 5.22. The van der Waals surface area contributed by atoms with Crippen molar-refractivity contribution in [2.24, 2.45) is 5.92 Å². The van der Waals surface area contributed by atoms with Crippen LogP contribution in [0.1, 0.15) is 39.0 Å². The van der Waals surface area contributed by atoms with Crippen LogP contribution in [0, 0.1) is 5.92 Å². The summed E-state index contributed by atoms with van der Waals surface area (Å²) in [5.41, 5.74) is 0. The van der Waals surface area contributed by atoms with E-state index in [0.717, 1.165) is 25.1 Å². The number of hydrogen-bond donors (Lipinski definition) is 0. The van der Waals surface area contributed by atoms with Gasteiger partial charge in [0.05, 0.1) is 6.61 Å². The summed E-state index contributed by atoms with van der Waals surface area (Å²) < 4.78 is 5.22. The third-order valence-electron chi connectivity index (χ3n) is 4.73. The zero-order valence-electron chi connectivity index (χ0n) is 12.2. The first-order valence-electron chi connectivity index (χ1n) is 7.78. The molecule has 2 fully saturated rings. The first-order chi connectivity index (χ1) is 8.83. The Morgan fingerprint density at radius 3 is 2.61 bits per heavy atom. The lowest BCUT2D eigenvalue weighted by molar-refractivity contribution is 0.0435. The van der Waals surface area contributed by atoms with Crippen LogP contribution in [-0.4, -0.2) is 62.3 Å². The van der Waals surface area contributed by atoms with E-state index in [9.17, 15) is 0 Å². The van der Waals surface area contributed by atoms with Gasteiger partial charge in [-0.3, -0.25) is 4.90 Å². The molecule has 1 aliphatic carbocycles. The molecular formula is C15H30N2O. The molecule has 18 heavy (non-hydrogen) atoms. The summed E-state index contributed by atoms with van der Waals surface area (Å²) in [6, 6.07) is 0.746. The highest BCUT2D eigenvalue weighted by Crippen LogP contribution is 2.26. The molecule has 0 aromatic rings. The molecule has 2 rings (SSSR count). The van der Waals surface area contributed by atoms with E-state index in [1.807, 2.05) is 0 Å². The molecule has 0 aromatic heterocycles. The van der Waals surface area contributed by atoms with Crippen LogP contribution in [0.25, 0.3) is 0 Å². The van der Waals surface area contributed by atoms with Gasteiger partial charge in [-0.1, -0.05) is 19.8 Å². The summed E-state index contributed by atoms with van der Waals surface area (Å²) in [6.45, 7) is 9.42. The quantitative estimate of drug-likeness (QED) is 0.723.